The van der Waals surface area contributed by atoms with Gasteiger partial charge in [-0.25, -0.2) is 4.39 Å². The molecule has 0 aliphatic rings. The van der Waals surface area contributed by atoms with E-state index in [1.54, 1.807) is 0 Å². The molecule has 0 aliphatic heterocycles. The molecule has 24 heavy (non-hydrogen) atoms. The molecular formula is C17H12F4O3. The molecule has 0 fully saturated rings. The molecule has 0 spiro atoms. The van der Waals surface area contributed by atoms with Crippen molar-refractivity contribution in [1.82, 2.24) is 0 Å². The van der Waals surface area contributed by atoms with Crippen LogP contribution in [0.25, 0.3) is 0 Å². The molecule has 1 atom stereocenters. The second-order valence-corrected chi connectivity index (χ2v) is 5.12. The lowest BCUT2D eigenvalue weighted by molar-refractivity contribution is -0.142. The summed E-state index contributed by atoms with van der Waals surface area (Å²) < 4.78 is 51.9. The Balaban J connectivity index is 2.35. The van der Waals surface area contributed by atoms with Gasteiger partial charge in [0.2, 0.25) is 0 Å². The maximum absolute atomic E-state index is 13.0. The van der Waals surface area contributed by atoms with Crippen LogP contribution in [0.15, 0.2) is 48.5 Å². The fourth-order valence-electron chi connectivity index (χ4n) is 2.30. The third kappa shape index (κ3) is 3.98. The van der Waals surface area contributed by atoms with Gasteiger partial charge in [0.1, 0.15) is 11.7 Å². The molecule has 1 unspecified atom stereocenters. The summed E-state index contributed by atoms with van der Waals surface area (Å²) in [5.74, 6) is -4.72. The number of Topliss-reactive ketones (excluding diaryl/α,β-unsaturated/α-hetero) is 1. The van der Waals surface area contributed by atoms with E-state index in [1.807, 2.05) is 0 Å². The van der Waals surface area contributed by atoms with E-state index in [0.29, 0.717) is 0 Å². The molecule has 7 heteroatoms. The number of ketones is 1. The average molecular weight is 340 g/mol. The number of rotatable bonds is 5. The van der Waals surface area contributed by atoms with Crippen molar-refractivity contribution in [3.05, 3.63) is 71.0 Å². The summed E-state index contributed by atoms with van der Waals surface area (Å²) in [5, 5.41) is 9.24. The van der Waals surface area contributed by atoms with Gasteiger partial charge < -0.3 is 5.11 Å². The predicted octanol–water partition coefficient (Wildman–Crippen LogP) is 3.97. The van der Waals surface area contributed by atoms with E-state index in [1.165, 1.54) is 12.1 Å². The molecule has 0 bridgehead atoms. The zero-order valence-electron chi connectivity index (χ0n) is 12.2. The summed E-state index contributed by atoms with van der Waals surface area (Å²) in [7, 11) is 0. The number of benzene rings is 2. The summed E-state index contributed by atoms with van der Waals surface area (Å²) in [6.07, 6.45) is -5.26. The van der Waals surface area contributed by atoms with Crippen LogP contribution in [0.4, 0.5) is 17.6 Å². The quantitative estimate of drug-likeness (QED) is 0.509. The van der Waals surface area contributed by atoms with E-state index in [2.05, 4.69) is 0 Å². The maximum atomic E-state index is 13.0. The topological polar surface area (TPSA) is 54.4 Å². The van der Waals surface area contributed by atoms with Crippen molar-refractivity contribution < 1.29 is 32.3 Å². The number of hydrogen-bond acceptors (Lipinski definition) is 2. The van der Waals surface area contributed by atoms with Gasteiger partial charge in [0.05, 0.1) is 5.56 Å². The minimum Gasteiger partial charge on any atom is -0.481 e. The van der Waals surface area contributed by atoms with E-state index in [9.17, 15) is 32.3 Å². The van der Waals surface area contributed by atoms with Crippen LogP contribution in [0, 0.1) is 11.7 Å². The molecule has 0 saturated heterocycles. The fourth-order valence-corrected chi connectivity index (χ4v) is 2.30. The number of hydrogen-bond donors (Lipinski definition) is 1. The smallest absolute Gasteiger partial charge is 0.416 e. The van der Waals surface area contributed by atoms with E-state index >= 15 is 0 Å². The largest absolute Gasteiger partial charge is 0.481 e. The Hall–Kier alpha value is -2.70. The Morgan fingerprint density at radius 3 is 2.12 bits per heavy atom. The first-order valence-corrected chi connectivity index (χ1v) is 6.88. The van der Waals surface area contributed by atoms with Gasteiger partial charge in [-0.05, 0) is 42.3 Å². The normalized spacial score (nSPS) is 12.7. The van der Waals surface area contributed by atoms with Crippen molar-refractivity contribution in [3.8, 4) is 0 Å². The van der Waals surface area contributed by atoms with Crippen LogP contribution >= 0.6 is 0 Å². The minimum atomic E-state index is -4.65. The van der Waals surface area contributed by atoms with Crippen LogP contribution < -0.4 is 0 Å². The van der Waals surface area contributed by atoms with Gasteiger partial charge in [-0.2, -0.15) is 13.2 Å². The highest BCUT2D eigenvalue weighted by Gasteiger charge is 2.35. The Morgan fingerprint density at radius 2 is 1.58 bits per heavy atom. The lowest BCUT2D eigenvalue weighted by Crippen LogP contribution is -2.27. The number of aliphatic carboxylic acids is 1. The first kappa shape index (κ1) is 17.7. The molecule has 1 N–H and O–H groups in total. The molecule has 0 aromatic heterocycles. The molecule has 126 valence electrons. The van der Waals surface area contributed by atoms with Gasteiger partial charge in [-0.3, -0.25) is 9.59 Å². The summed E-state index contributed by atoms with van der Waals surface area (Å²) in [6.45, 7) is 0. The first-order valence-electron chi connectivity index (χ1n) is 6.88. The predicted molar refractivity (Wildman–Crippen MR) is 77.0 cm³/mol. The van der Waals surface area contributed by atoms with Crippen molar-refractivity contribution in [2.24, 2.45) is 5.92 Å². The number of carboxylic acid groups (broad SMARTS) is 1. The maximum Gasteiger partial charge on any atom is 0.416 e. The van der Waals surface area contributed by atoms with Crippen LogP contribution in [-0.2, 0) is 17.4 Å². The molecule has 0 aliphatic carbocycles. The number of carbonyl (C=O) groups is 2. The summed E-state index contributed by atoms with van der Waals surface area (Å²) in [5.41, 5.74) is -1.34. The Kier molecular flexibility index (Phi) is 5.02. The Morgan fingerprint density at radius 1 is 1.00 bits per heavy atom. The van der Waals surface area contributed by atoms with E-state index < -0.39 is 41.6 Å². The summed E-state index contributed by atoms with van der Waals surface area (Å²) >= 11 is 0. The number of halogens is 4. The van der Waals surface area contributed by atoms with Gasteiger partial charge >= 0.3 is 12.1 Å². The molecule has 0 heterocycles. The van der Waals surface area contributed by atoms with Gasteiger partial charge in [-0.1, -0.05) is 18.2 Å². The zero-order chi connectivity index (χ0) is 17.9. The van der Waals surface area contributed by atoms with Crippen molar-refractivity contribution in [1.29, 1.82) is 0 Å². The molecular weight excluding hydrogens is 328 g/mol. The van der Waals surface area contributed by atoms with Crippen LogP contribution in [0.3, 0.4) is 0 Å². The number of carboxylic acids is 1. The van der Waals surface area contributed by atoms with E-state index in [4.69, 9.17) is 0 Å². The van der Waals surface area contributed by atoms with E-state index in [-0.39, 0.29) is 11.1 Å². The zero-order valence-corrected chi connectivity index (χ0v) is 12.2. The van der Waals surface area contributed by atoms with Crippen molar-refractivity contribution in [3.63, 3.8) is 0 Å². The average Bonchev–Trinajstić information content (AvgIpc) is 2.52. The Bertz CT molecular complexity index is 751. The molecule has 2 rings (SSSR count). The third-order valence-corrected chi connectivity index (χ3v) is 3.49. The van der Waals surface area contributed by atoms with Crippen molar-refractivity contribution in [2.45, 2.75) is 12.6 Å². The van der Waals surface area contributed by atoms with E-state index in [0.717, 1.165) is 36.4 Å². The molecule has 0 amide bonds. The SMILES string of the molecule is O=C(O)C(Cc1ccccc1C(F)(F)F)C(=O)c1ccc(F)cc1. The molecule has 2 aromatic rings. The molecule has 0 radical (unpaired) electrons. The summed E-state index contributed by atoms with van der Waals surface area (Å²) in [4.78, 5) is 23.6. The second kappa shape index (κ2) is 6.82. The van der Waals surface area contributed by atoms with Gasteiger partial charge in [0.15, 0.2) is 5.78 Å². The standard InChI is InChI=1S/C17H12F4O3/c18-12-7-5-10(6-8-12)15(22)13(16(23)24)9-11-3-1-2-4-14(11)17(19,20)21/h1-8,13H,9H2,(H,23,24). The van der Waals surface area contributed by atoms with Gasteiger partial charge in [0.25, 0.3) is 0 Å². The first-order chi connectivity index (χ1) is 11.2. The van der Waals surface area contributed by atoms with Crippen LogP contribution in [-0.4, -0.2) is 16.9 Å². The van der Waals surface area contributed by atoms with Crippen molar-refractivity contribution >= 4 is 11.8 Å². The highest BCUT2D eigenvalue weighted by atomic mass is 19.4. The molecule has 3 nitrogen and oxygen atoms in total. The molecule has 0 saturated carbocycles. The van der Waals surface area contributed by atoms with Crippen LogP contribution in [0.1, 0.15) is 21.5 Å². The summed E-state index contributed by atoms with van der Waals surface area (Å²) in [6, 6.07) is 8.65. The van der Waals surface area contributed by atoms with Gasteiger partial charge in [0, 0.05) is 5.56 Å². The lowest BCUT2D eigenvalue weighted by Gasteiger charge is -2.16. The molecule has 2 aromatic carbocycles. The fraction of sp³-hybridized carbons (Fsp3) is 0.176. The van der Waals surface area contributed by atoms with Crippen molar-refractivity contribution in [2.75, 3.05) is 0 Å². The second-order valence-electron chi connectivity index (χ2n) is 5.12. The van der Waals surface area contributed by atoms with Crippen LogP contribution in [0.5, 0.6) is 0 Å². The monoisotopic (exact) mass is 340 g/mol. The third-order valence-electron chi connectivity index (χ3n) is 3.49. The number of carbonyl (C=O) groups excluding carboxylic acids is 1. The number of alkyl halides is 3. The highest BCUT2D eigenvalue weighted by Crippen LogP contribution is 2.33. The minimum absolute atomic E-state index is 0.0757. The van der Waals surface area contributed by atoms with Gasteiger partial charge in [-0.15, -0.1) is 0 Å². The highest BCUT2D eigenvalue weighted by molar-refractivity contribution is 6.08. The van der Waals surface area contributed by atoms with Crippen LogP contribution in [0.2, 0.25) is 0 Å². The Labute approximate surface area is 134 Å². The lowest BCUT2D eigenvalue weighted by atomic mass is 9.89.